The van der Waals surface area contributed by atoms with E-state index in [4.69, 9.17) is 4.74 Å². The maximum absolute atomic E-state index is 5.77. The molecule has 1 heteroatoms. The Labute approximate surface area is 171 Å². The molecule has 0 spiro atoms. The number of allylic oxidation sites excluding steroid dienone is 2. The molecule has 0 saturated carbocycles. The van der Waals surface area contributed by atoms with Crippen molar-refractivity contribution in [3.63, 3.8) is 0 Å². The fraction of sp³-hybridized carbons (Fsp3) is 0.481. The summed E-state index contributed by atoms with van der Waals surface area (Å²) in [5, 5.41) is 0. The summed E-state index contributed by atoms with van der Waals surface area (Å²) in [7, 11) is 0. The van der Waals surface area contributed by atoms with Crippen LogP contribution in [0.1, 0.15) is 77.2 Å². The molecule has 1 atom stereocenters. The van der Waals surface area contributed by atoms with Crippen molar-refractivity contribution in [2.24, 2.45) is 5.92 Å². The fourth-order valence-electron chi connectivity index (χ4n) is 4.05. The topological polar surface area (TPSA) is 9.23 Å². The second-order valence-electron chi connectivity index (χ2n) is 8.17. The van der Waals surface area contributed by atoms with E-state index < -0.39 is 0 Å². The highest BCUT2D eigenvalue weighted by Crippen LogP contribution is 2.33. The lowest BCUT2D eigenvalue weighted by molar-refractivity contribution is 0.309. The maximum atomic E-state index is 5.77. The van der Waals surface area contributed by atoms with Crippen LogP contribution in [0.2, 0.25) is 0 Å². The van der Waals surface area contributed by atoms with Crippen LogP contribution >= 0.6 is 0 Å². The summed E-state index contributed by atoms with van der Waals surface area (Å²) >= 11 is 0. The lowest BCUT2D eigenvalue weighted by atomic mass is 9.83. The summed E-state index contributed by atoms with van der Waals surface area (Å²) in [6.45, 7) is 5.28. The van der Waals surface area contributed by atoms with Gasteiger partial charge < -0.3 is 4.74 Å². The largest absolute Gasteiger partial charge is 0.494 e. The van der Waals surface area contributed by atoms with Gasteiger partial charge in [-0.1, -0.05) is 88.4 Å². The molecule has 1 unspecified atom stereocenters. The van der Waals surface area contributed by atoms with Crippen molar-refractivity contribution >= 4 is 5.57 Å². The molecule has 0 saturated heterocycles. The van der Waals surface area contributed by atoms with Crippen molar-refractivity contribution in [2.75, 3.05) is 6.61 Å². The van der Waals surface area contributed by atoms with Crippen LogP contribution in [0.3, 0.4) is 0 Å². The van der Waals surface area contributed by atoms with E-state index in [0.29, 0.717) is 0 Å². The molecule has 0 bridgehead atoms. The van der Waals surface area contributed by atoms with Crippen LogP contribution in [0.5, 0.6) is 5.75 Å². The number of hydrogen-bond acceptors (Lipinski definition) is 1. The van der Waals surface area contributed by atoms with E-state index in [9.17, 15) is 0 Å². The first kappa shape index (κ1) is 20.7. The van der Waals surface area contributed by atoms with Crippen molar-refractivity contribution in [3.8, 4) is 16.9 Å². The van der Waals surface area contributed by atoms with Crippen molar-refractivity contribution in [1.82, 2.24) is 0 Å². The van der Waals surface area contributed by atoms with Gasteiger partial charge in [-0.15, -0.1) is 0 Å². The minimum Gasteiger partial charge on any atom is -0.494 e. The van der Waals surface area contributed by atoms with E-state index >= 15 is 0 Å². The zero-order valence-corrected chi connectivity index (χ0v) is 17.8. The van der Waals surface area contributed by atoms with Gasteiger partial charge in [0.05, 0.1) is 6.61 Å². The van der Waals surface area contributed by atoms with Crippen LogP contribution < -0.4 is 4.74 Å². The molecule has 2 aromatic rings. The average Bonchev–Trinajstić information content (AvgIpc) is 2.75. The van der Waals surface area contributed by atoms with E-state index in [1.807, 2.05) is 0 Å². The zero-order valence-electron chi connectivity index (χ0n) is 17.8. The van der Waals surface area contributed by atoms with Crippen LogP contribution in [0.4, 0.5) is 0 Å². The first-order valence-corrected chi connectivity index (χ1v) is 11.3. The van der Waals surface area contributed by atoms with Crippen molar-refractivity contribution < 1.29 is 4.74 Å². The first-order valence-electron chi connectivity index (χ1n) is 11.3. The van der Waals surface area contributed by atoms with Crippen molar-refractivity contribution in [2.45, 2.75) is 71.6 Å². The Morgan fingerprint density at radius 2 is 1.43 bits per heavy atom. The molecule has 0 fully saturated rings. The Morgan fingerprint density at radius 3 is 2.04 bits per heavy atom. The third kappa shape index (κ3) is 5.99. The highest BCUT2D eigenvalue weighted by molar-refractivity contribution is 5.71. The standard InChI is InChI=1S/C27H36O/c1-3-5-7-8-22-9-11-23(12-10-22)24-13-15-25(16-14-24)26-17-19-27(20-18-26)28-21-6-4-2/h11,13-20,22H,3-10,12,21H2,1-2H3. The minimum atomic E-state index is 0.805. The van der Waals surface area contributed by atoms with Crippen LogP contribution in [0.25, 0.3) is 16.7 Å². The zero-order chi connectivity index (χ0) is 19.6. The average molecular weight is 377 g/mol. The van der Waals surface area contributed by atoms with Crippen molar-refractivity contribution in [1.29, 1.82) is 0 Å². The lowest BCUT2D eigenvalue weighted by Crippen LogP contribution is -2.05. The number of unbranched alkanes of at least 4 members (excludes halogenated alkanes) is 3. The molecule has 0 amide bonds. The summed E-state index contributed by atoms with van der Waals surface area (Å²) < 4.78 is 5.77. The Morgan fingerprint density at radius 1 is 0.786 bits per heavy atom. The van der Waals surface area contributed by atoms with E-state index in [2.05, 4.69) is 68.5 Å². The third-order valence-corrected chi connectivity index (χ3v) is 5.95. The minimum absolute atomic E-state index is 0.805. The molecular formula is C27H36O. The van der Waals surface area contributed by atoms with Gasteiger partial charge in [0.25, 0.3) is 0 Å². The Bertz CT molecular complexity index is 724. The number of benzene rings is 2. The fourth-order valence-corrected chi connectivity index (χ4v) is 4.05. The quantitative estimate of drug-likeness (QED) is 0.379. The molecule has 0 aliphatic heterocycles. The highest BCUT2D eigenvalue weighted by Gasteiger charge is 2.15. The van der Waals surface area contributed by atoms with Gasteiger partial charge in [0.1, 0.15) is 5.75 Å². The SMILES string of the molecule is CCCCCC1CC=C(c2ccc(-c3ccc(OCCCC)cc3)cc2)CC1. The predicted octanol–water partition coefficient (Wildman–Crippen LogP) is 8.30. The molecule has 0 heterocycles. The van der Waals surface area contributed by atoms with Gasteiger partial charge in [0, 0.05) is 0 Å². The van der Waals surface area contributed by atoms with Crippen LogP contribution in [0, 0.1) is 5.92 Å². The Hall–Kier alpha value is -2.02. The van der Waals surface area contributed by atoms with Crippen LogP contribution in [-0.2, 0) is 0 Å². The van der Waals surface area contributed by atoms with E-state index in [1.54, 1.807) is 0 Å². The first-order chi connectivity index (χ1) is 13.8. The third-order valence-electron chi connectivity index (χ3n) is 5.95. The van der Waals surface area contributed by atoms with E-state index in [0.717, 1.165) is 24.7 Å². The number of hydrogen-bond donors (Lipinski definition) is 0. The molecule has 28 heavy (non-hydrogen) atoms. The Balaban J connectivity index is 1.56. The maximum Gasteiger partial charge on any atom is 0.119 e. The van der Waals surface area contributed by atoms with Gasteiger partial charge in [-0.05, 0) is 66.0 Å². The summed E-state index contributed by atoms with van der Waals surface area (Å²) in [4.78, 5) is 0. The van der Waals surface area contributed by atoms with Crippen molar-refractivity contribution in [3.05, 3.63) is 60.2 Å². The molecule has 150 valence electrons. The molecule has 0 radical (unpaired) electrons. The van der Waals surface area contributed by atoms with Gasteiger partial charge in [-0.2, -0.15) is 0 Å². The normalized spacial score (nSPS) is 16.6. The summed E-state index contributed by atoms with van der Waals surface area (Å²) in [6.07, 6.45) is 14.2. The molecule has 1 nitrogen and oxygen atoms in total. The lowest BCUT2D eigenvalue weighted by Gasteiger charge is -2.22. The van der Waals surface area contributed by atoms with Crippen LogP contribution in [-0.4, -0.2) is 6.61 Å². The predicted molar refractivity (Wildman–Crippen MR) is 122 cm³/mol. The highest BCUT2D eigenvalue weighted by atomic mass is 16.5. The van der Waals surface area contributed by atoms with Gasteiger partial charge in [0.15, 0.2) is 0 Å². The molecule has 1 aliphatic rings. The molecule has 2 aromatic carbocycles. The molecular weight excluding hydrogens is 340 g/mol. The van der Waals surface area contributed by atoms with Gasteiger partial charge >= 0.3 is 0 Å². The van der Waals surface area contributed by atoms with Gasteiger partial charge in [-0.25, -0.2) is 0 Å². The molecule has 3 rings (SSSR count). The summed E-state index contributed by atoms with van der Waals surface area (Å²) in [5.74, 6) is 1.88. The second kappa shape index (κ2) is 11.1. The second-order valence-corrected chi connectivity index (χ2v) is 8.17. The number of rotatable bonds is 10. The van der Waals surface area contributed by atoms with E-state index in [-0.39, 0.29) is 0 Å². The monoisotopic (exact) mass is 376 g/mol. The molecule has 0 aromatic heterocycles. The smallest absolute Gasteiger partial charge is 0.119 e. The van der Waals surface area contributed by atoms with E-state index in [1.165, 1.54) is 73.6 Å². The summed E-state index contributed by atoms with van der Waals surface area (Å²) in [5.41, 5.74) is 5.47. The summed E-state index contributed by atoms with van der Waals surface area (Å²) in [6, 6.07) is 17.6. The molecule has 0 N–H and O–H groups in total. The molecule has 1 aliphatic carbocycles. The Kier molecular flexibility index (Phi) is 8.21. The van der Waals surface area contributed by atoms with Gasteiger partial charge in [0.2, 0.25) is 0 Å². The van der Waals surface area contributed by atoms with Crippen LogP contribution in [0.15, 0.2) is 54.6 Å². The number of ether oxygens (including phenoxy) is 1. The van der Waals surface area contributed by atoms with Gasteiger partial charge in [-0.3, -0.25) is 0 Å².